The predicted octanol–water partition coefficient (Wildman–Crippen LogP) is 2.23. The van der Waals surface area contributed by atoms with Crippen molar-refractivity contribution in [3.63, 3.8) is 0 Å². The molecule has 0 radical (unpaired) electrons. The number of hydrogen-bond donors (Lipinski definition) is 2. The number of aliphatic hydroxyl groups excluding tert-OH is 1. The van der Waals surface area contributed by atoms with Gasteiger partial charge in [0.1, 0.15) is 6.10 Å². The minimum Gasteiger partial charge on any atom is -0.491 e. The molecule has 1 aliphatic rings. The Morgan fingerprint density at radius 3 is 2.81 bits per heavy atom. The van der Waals surface area contributed by atoms with Crippen molar-refractivity contribution >= 4 is 15.9 Å². The molecule has 2 heterocycles. The number of aliphatic hydroxyl groups is 1. The molecule has 5 nitrogen and oxygen atoms in total. The van der Waals surface area contributed by atoms with Gasteiger partial charge in [0.25, 0.3) is 0 Å². The third kappa shape index (κ3) is 2.89. The second-order valence-corrected chi connectivity index (χ2v) is 7.13. The molecule has 0 bridgehead atoms. The summed E-state index contributed by atoms with van der Waals surface area (Å²) < 4.78 is 7.76. The summed E-state index contributed by atoms with van der Waals surface area (Å²) in [5, 5.41) is 13.8. The molecule has 2 rings (SSSR count). The molecule has 0 aromatic carbocycles. The van der Waals surface area contributed by atoms with Crippen LogP contribution in [0.5, 0.6) is 5.75 Å². The quantitative estimate of drug-likeness (QED) is 0.866. The molecule has 1 unspecified atom stereocenters. The maximum Gasteiger partial charge on any atom is 0.237 e. The van der Waals surface area contributed by atoms with Gasteiger partial charge in [0.15, 0.2) is 5.75 Å². The van der Waals surface area contributed by atoms with E-state index in [0.29, 0.717) is 10.2 Å². The Kier molecular flexibility index (Phi) is 4.80. The minimum absolute atomic E-state index is 0.215. The van der Waals surface area contributed by atoms with Gasteiger partial charge in [0.05, 0.1) is 17.3 Å². The van der Waals surface area contributed by atoms with Crippen molar-refractivity contribution in [2.75, 3.05) is 20.7 Å². The van der Waals surface area contributed by atoms with E-state index in [2.05, 4.69) is 21.2 Å². The lowest BCUT2D eigenvalue weighted by molar-refractivity contribution is -0.0000844. The number of fused-ring (bicyclic) bond motifs is 1. The molecular formula is C15H23BrN2O3. The molecule has 0 aliphatic carbocycles. The van der Waals surface area contributed by atoms with E-state index in [4.69, 9.17) is 4.74 Å². The highest BCUT2D eigenvalue weighted by molar-refractivity contribution is 9.10. The lowest BCUT2D eigenvalue weighted by Crippen LogP contribution is -2.38. The van der Waals surface area contributed by atoms with Crippen LogP contribution in [0, 0.1) is 5.41 Å². The Labute approximate surface area is 133 Å². The van der Waals surface area contributed by atoms with Crippen LogP contribution in [0.15, 0.2) is 15.5 Å². The van der Waals surface area contributed by atoms with Crippen molar-refractivity contribution in [1.82, 2.24) is 9.88 Å². The van der Waals surface area contributed by atoms with Crippen LogP contribution < -0.4 is 15.5 Å². The first-order valence-corrected chi connectivity index (χ1v) is 7.94. The third-order valence-corrected chi connectivity index (χ3v) is 4.84. The zero-order valence-corrected chi connectivity index (χ0v) is 14.5. The van der Waals surface area contributed by atoms with Crippen molar-refractivity contribution < 1.29 is 9.84 Å². The molecule has 0 saturated heterocycles. The predicted molar refractivity (Wildman–Crippen MR) is 85.9 cm³/mol. The lowest BCUT2D eigenvalue weighted by Gasteiger charge is -2.43. The fraction of sp³-hybridized carbons (Fsp3) is 0.667. The summed E-state index contributed by atoms with van der Waals surface area (Å²) in [6, 6.07) is 0.219. The van der Waals surface area contributed by atoms with Crippen molar-refractivity contribution in [2.45, 2.75) is 38.8 Å². The Hall–Kier alpha value is -0.850. The number of nitrogens with zero attached hydrogens (tertiary/aromatic N) is 1. The van der Waals surface area contributed by atoms with Gasteiger partial charge < -0.3 is 19.7 Å². The summed E-state index contributed by atoms with van der Waals surface area (Å²) in [6.45, 7) is 4.93. The molecule has 0 amide bonds. The van der Waals surface area contributed by atoms with Crippen molar-refractivity contribution in [3.8, 4) is 5.75 Å². The first kappa shape index (κ1) is 16.5. The number of rotatable bonds is 4. The molecule has 0 fully saturated rings. The number of pyridine rings is 1. The Balaban J connectivity index is 2.63. The molecule has 0 saturated carbocycles. The zero-order valence-electron chi connectivity index (χ0n) is 12.9. The SMILES string of the molecule is CNCC[C@@H]1CC(C)(C)C(O)c2c(OC)c(=O)c(Br)cn21. The van der Waals surface area contributed by atoms with Crippen LogP contribution in [-0.4, -0.2) is 30.4 Å². The second kappa shape index (κ2) is 6.10. The highest BCUT2D eigenvalue weighted by Crippen LogP contribution is 2.48. The highest BCUT2D eigenvalue weighted by atomic mass is 79.9. The number of ether oxygens (including phenoxy) is 1. The molecule has 2 N–H and O–H groups in total. The van der Waals surface area contributed by atoms with Crippen LogP contribution in [0.4, 0.5) is 0 Å². The fourth-order valence-corrected chi connectivity index (χ4v) is 3.50. The Morgan fingerprint density at radius 1 is 1.57 bits per heavy atom. The number of methoxy groups -OCH3 is 1. The Bertz CT molecular complexity index is 583. The van der Waals surface area contributed by atoms with E-state index in [1.807, 2.05) is 25.5 Å². The summed E-state index contributed by atoms with van der Waals surface area (Å²) in [6.07, 6.45) is 2.83. The average molecular weight is 359 g/mol. The van der Waals surface area contributed by atoms with Crippen LogP contribution in [0.1, 0.15) is 44.5 Å². The van der Waals surface area contributed by atoms with Gasteiger partial charge in [0.2, 0.25) is 5.43 Å². The van der Waals surface area contributed by atoms with Gasteiger partial charge in [-0.05, 0) is 47.8 Å². The number of halogens is 1. The average Bonchev–Trinajstić information content (AvgIpc) is 2.43. The van der Waals surface area contributed by atoms with Crippen LogP contribution in [-0.2, 0) is 0 Å². The number of nitrogens with one attached hydrogen (secondary N) is 1. The minimum atomic E-state index is -0.723. The monoisotopic (exact) mass is 358 g/mol. The lowest BCUT2D eigenvalue weighted by atomic mass is 9.75. The smallest absolute Gasteiger partial charge is 0.237 e. The van der Waals surface area contributed by atoms with E-state index in [0.717, 1.165) is 19.4 Å². The summed E-state index contributed by atoms with van der Waals surface area (Å²) in [5.41, 5.74) is 0.0716. The molecule has 1 aromatic heterocycles. The molecule has 0 spiro atoms. The first-order chi connectivity index (χ1) is 9.83. The molecular weight excluding hydrogens is 336 g/mol. The van der Waals surface area contributed by atoms with E-state index in [-0.39, 0.29) is 22.6 Å². The number of hydrogen-bond acceptors (Lipinski definition) is 4. The maximum absolute atomic E-state index is 12.2. The third-order valence-electron chi connectivity index (χ3n) is 4.27. The van der Waals surface area contributed by atoms with Crippen LogP contribution in [0.25, 0.3) is 0 Å². The van der Waals surface area contributed by atoms with Crippen molar-refractivity contribution in [3.05, 3.63) is 26.6 Å². The zero-order chi connectivity index (χ0) is 15.8. The van der Waals surface area contributed by atoms with Gasteiger partial charge in [0, 0.05) is 12.2 Å². The summed E-state index contributed by atoms with van der Waals surface area (Å²) in [7, 11) is 3.40. The van der Waals surface area contributed by atoms with Gasteiger partial charge in [-0.25, -0.2) is 0 Å². The van der Waals surface area contributed by atoms with E-state index in [9.17, 15) is 9.90 Å². The molecule has 2 atom stereocenters. The van der Waals surface area contributed by atoms with Crippen LogP contribution in [0.3, 0.4) is 0 Å². The van der Waals surface area contributed by atoms with Gasteiger partial charge in [-0.15, -0.1) is 0 Å². The van der Waals surface area contributed by atoms with Gasteiger partial charge in [-0.2, -0.15) is 0 Å². The van der Waals surface area contributed by atoms with E-state index >= 15 is 0 Å². The first-order valence-electron chi connectivity index (χ1n) is 7.14. The van der Waals surface area contributed by atoms with E-state index in [1.165, 1.54) is 7.11 Å². The van der Waals surface area contributed by atoms with E-state index in [1.54, 1.807) is 6.20 Å². The van der Waals surface area contributed by atoms with E-state index < -0.39 is 6.10 Å². The normalized spacial score (nSPS) is 23.7. The van der Waals surface area contributed by atoms with Crippen LogP contribution >= 0.6 is 15.9 Å². The molecule has 6 heteroatoms. The fourth-order valence-electron chi connectivity index (χ4n) is 3.10. The van der Waals surface area contributed by atoms with Gasteiger partial charge in [-0.1, -0.05) is 13.8 Å². The topological polar surface area (TPSA) is 63.5 Å². The highest BCUT2D eigenvalue weighted by Gasteiger charge is 2.41. The Morgan fingerprint density at radius 2 is 2.24 bits per heavy atom. The molecule has 1 aliphatic heterocycles. The van der Waals surface area contributed by atoms with Crippen LogP contribution in [0.2, 0.25) is 0 Å². The molecule has 118 valence electrons. The molecule has 21 heavy (non-hydrogen) atoms. The van der Waals surface area contributed by atoms with Gasteiger partial charge >= 0.3 is 0 Å². The second-order valence-electron chi connectivity index (χ2n) is 6.27. The maximum atomic E-state index is 12.2. The summed E-state index contributed by atoms with van der Waals surface area (Å²) in [5.74, 6) is 0.235. The number of aromatic nitrogens is 1. The summed E-state index contributed by atoms with van der Waals surface area (Å²) in [4.78, 5) is 12.2. The van der Waals surface area contributed by atoms with Crippen molar-refractivity contribution in [2.24, 2.45) is 5.41 Å². The largest absolute Gasteiger partial charge is 0.491 e. The van der Waals surface area contributed by atoms with Gasteiger partial charge in [-0.3, -0.25) is 4.79 Å². The molecule has 1 aromatic rings. The van der Waals surface area contributed by atoms with Crippen molar-refractivity contribution in [1.29, 1.82) is 0 Å². The summed E-state index contributed by atoms with van der Waals surface area (Å²) >= 11 is 3.30. The standard InChI is InChI=1S/C15H23BrN2O3/c1-15(2)7-9(5-6-17-3)18-8-10(16)12(19)13(21-4)11(18)14(15)20/h8-9,14,17,20H,5-7H2,1-4H3/t9-,14?/m1/s1.